The molecule has 0 saturated heterocycles. The van der Waals surface area contributed by atoms with Gasteiger partial charge in [-0.15, -0.1) is 0 Å². The molecule has 0 aliphatic heterocycles. The van der Waals surface area contributed by atoms with Crippen molar-refractivity contribution in [2.75, 3.05) is 0 Å². The largest absolute Gasteiger partial charge is 0.534 e. The number of aromatic nitrogens is 1. The lowest BCUT2D eigenvalue weighted by Gasteiger charge is -2.15. The van der Waals surface area contributed by atoms with E-state index in [0.29, 0.717) is 6.07 Å². The molecule has 0 saturated carbocycles. The smallest absolute Gasteiger partial charge is 0.375 e. The Morgan fingerprint density at radius 1 is 0.875 bits per heavy atom. The van der Waals surface area contributed by atoms with Gasteiger partial charge in [0.25, 0.3) is 0 Å². The maximum absolute atomic E-state index is 12.3. The summed E-state index contributed by atoms with van der Waals surface area (Å²) in [5.74, 6) is -2.37. The summed E-state index contributed by atoms with van der Waals surface area (Å²) in [6.07, 6.45) is 0. The van der Waals surface area contributed by atoms with Gasteiger partial charge in [-0.1, -0.05) is 0 Å². The third-order valence-electron chi connectivity index (χ3n) is 2.26. The van der Waals surface area contributed by atoms with Gasteiger partial charge in [0.2, 0.25) is 5.88 Å². The fourth-order valence-electron chi connectivity index (χ4n) is 1.16. The molecule has 0 spiro atoms. The van der Waals surface area contributed by atoms with Crippen LogP contribution < -0.4 is 8.37 Å². The van der Waals surface area contributed by atoms with Crippen LogP contribution in [0.3, 0.4) is 0 Å². The summed E-state index contributed by atoms with van der Waals surface area (Å²) in [6, 6.07) is 0.645. The number of nitrogens with zero attached hydrogens (tertiary/aromatic N) is 1. The van der Waals surface area contributed by atoms with E-state index in [-0.39, 0.29) is 5.69 Å². The first-order valence-corrected chi connectivity index (χ1v) is 8.29. The summed E-state index contributed by atoms with van der Waals surface area (Å²) in [6.45, 7) is 1.79. The van der Waals surface area contributed by atoms with E-state index >= 15 is 0 Å². The van der Waals surface area contributed by atoms with Gasteiger partial charge in [-0.25, -0.2) is 4.98 Å². The Kier molecular flexibility index (Phi) is 5.02. The minimum Gasteiger partial charge on any atom is -0.375 e. The van der Waals surface area contributed by atoms with Crippen molar-refractivity contribution < 1.29 is 51.5 Å². The van der Waals surface area contributed by atoms with Gasteiger partial charge in [-0.3, -0.25) is 0 Å². The molecular weight excluding hydrogens is 396 g/mol. The van der Waals surface area contributed by atoms with Crippen molar-refractivity contribution in [3.63, 3.8) is 0 Å². The second-order valence-electron chi connectivity index (χ2n) is 4.16. The summed E-state index contributed by atoms with van der Waals surface area (Å²) < 4.78 is 125. The van der Waals surface area contributed by atoms with Gasteiger partial charge >= 0.3 is 31.3 Å². The van der Waals surface area contributed by atoms with E-state index in [1.807, 2.05) is 0 Å². The number of halogens is 6. The van der Waals surface area contributed by atoms with Gasteiger partial charge in [0.1, 0.15) is 0 Å². The molecule has 1 heterocycles. The zero-order valence-electron chi connectivity index (χ0n) is 11.6. The second kappa shape index (κ2) is 5.94. The van der Waals surface area contributed by atoms with Crippen molar-refractivity contribution in [3.8, 4) is 11.6 Å². The summed E-state index contributed by atoms with van der Waals surface area (Å²) in [4.78, 5) is 3.27. The van der Waals surface area contributed by atoms with Crippen LogP contribution in [0.5, 0.6) is 11.6 Å². The third kappa shape index (κ3) is 4.19. The third-order valence-corrected chi connectivity index (χ3v) is 4.17. The highest BCUT2D eigenvalue weighted by Gasteiger charge is 2.50. The van der Waals surface area contributed by atoms with Crippen molar-refractivity contribution in [2.24, 2.45) is 0 Å². The molecule has 0 fully saturated rings. The van der Waals surface area contributed by atoms with Crippen LogP contribution in [0.1, 0.15) is 11.3 Å². The van der Waals surface area contributed by atoms with Gasteiger partial charge in [0, 0.05) is 11.8 Å². The van der Waals surface area contributed by atoms with Crippen molar-refractivity contribution in [1.82, 2.24) is 4.98 Å². The number of pyridine rings is 1. The molecule has 15 heteroatoms. The Labute approximate surface area is 131 Å². The monoisotopic (exact) mass is 403 g/mol. The maximum Gasteiger partial charge on any atom is 0.534 e. The zero-order valence-corrected chi connectivity index (χ0v) is 13.2. The molecule has 0 aromatic carbocycles. The van der Waals surface area contributed by atoms with Gasteiger partial charge in [0.05, 0.1) is 5.56 Å². The molecule has 1 rings (SSSR count). The lowest BCUT2D eigenvalue weighted by molar-refractivity contribution is -0.0503. The first-order chi connectivity index (χ1) is 10.5. The van der Waals surface area contributed by atoms with Crippen LogP contribution in [0, 0.1) is 13.8 Å². The Morgan fingerprint density at radius 3 is 1.71 bits per heavy atom. The number of hydrogen-bond donors (Lipinski definition) is 0. The lowest BCUT2D eigenvalue weighted by Crippen LogP contribution is -2.29. The van der Waals surface area contributed by atoms with Gasteiger partial charge in [-0.05, 0) is 13.8 Å². The molecule has 1 aromatic heterocycles. The van der Waals surface area contributed by atoms with Crippen LogP contribution >= 0.6 is 0 Å². The molecule has 0 radical (unpaired) electrons. The topological polar surface area (TPSA) is 99.6 Å². The minimum absolute atomic E-state index is 0.361. The van der Waals surface area contributed by atoms with E-state index in [1.54, 1.807) is 0 Å². The van der Waals surface area contributed by atoms with E-state index in [9.17, 15) is 43.2 Å². The predicted molar refractivity (Wildman–Crippen MR) is 64.9 cm³/mol. The Balaban J connectivity index is 3.38. The Hall–Kier alpha value is -1.77. The fourth-order valence-corrected chi connectivity index (χ4v) is 2.13. The average Bonchev–Trinajstić information content (AvgIpc) is 2.31. The standard InChI is InChI=1S/C9H7F6NO6S2/c1-4-3-6(21-23(17,18)8(10,11)12)5(2)7(16-4)22-24(19,20)9(13,14)15/h3H,1-2H3. The summed E-state index contributed by atoms with van der Waals surface area (Å²) >= 11 is 0. The van der Waals surface area contributed by atoms with Crippen molar-refractivity contribution in [1.29, 1.82) is 0 Å². The number of hydrogen-bond acceptors (Lipinski definition) is 7. The van der Waals surface area contributed by atoms with Crippen LogP contribution in [0.4, 0.5) is 26.3 Å². The molecule has 0 atom stereocenters. The predicted octanol–water partition coefficient (Wildman–Crippen LogP) is 2.16. The highest BCUT2D eigenvalue weighted by atomic mass is 32.2. The fraction of sp³-hybridized carbons (Fsp3) is 0.444. The zero-order chi connectivity index (χ0) is 19.1. The molecule has 7 nitrogen and oxygen atoms in total. The van der Waals surface area contributed by atoms with E-state index in [1.165, 1.54) is 0 Å². The van der Waals surface area contributed by atoms with Crippen molar-refractivity contribution in [2.45, 2.75) is 24.9 Å². The van der Waals surface area contributed by atoms with E-state index < -0.39 is 48.4 Å². The molecular formula is C9H7F6NO6S2. The number of rotatable bonds is 4. The van der Waals surface area contributed by atoms with Crippen LogP contribution in [0.2, 0.25) is 0 Å². The normalized spacial score (nSPS) is 13.7. The molecule has 0 aliphatic rings. The van der Waals surface area contributed by atoms with E-state index in [0.717, 1.165) is 13.8 Å². The van der Waals surface area contributed by atoms with Crippen LogP contribution in [0.25, 0.3) is 0 Å². The number of aryl methyl sites for hydroxylation is 1. The molecule has 0 bridgehead atoms. The van der Waals surface area contributed by atoms with Crippen molar-refractivity contribution >= 4 is 20.2 Å². The van der Waals surface area contributed by atoms with Gasteiger partial charge in [0.15, 0.2) is 5.75 Å². The Morgan fingerprint density at radius 2 is 1.29 bits per heavy atom. The SMILES string of the molecule is Cc1cc(OS(=O)(=O)C(F)(F)F)c(C)c(OS(=O)(=O)C(F)(F)F)n1. The summed E-state index contributed by atoms with van der Waals surface area (Å²) in [7, 11) is -12.3. The Bertz CT molecular complexity index is 775. The second-order valence-corrected chi connectivity index (χ2v) is 7.23. The van der Waals surface area contributed by atoms with Crippen LogP contribution in [-0.4, -0.2) is 32.8 Å². The van der Waals surface area contributed by atoms with Gasteiger partial charge in [-0.2, -0.15) is 43.2 Å². The maximum atomic E-state index is 12.3. The molecule has 0 unspecified atom stereocenters. The van der Waals surface area contributed by atoms with Crippen LogP contribution in [0.15, 0.2) is 6.07 Å². The molecule has 0 amide bonds. The molecule has 138 valence electrons. The molecule has 1 aromatic rings. The highest BCUT2D eigenvalue weighted by Crippen LogP contribution is 2.34. The minimum atomic E-state index is -6.17. The van der Waals surface area contributed by atoms with Crippen molar-refractivity contribution in [3.05, 3.63) is 17.3 Å². The molecule has 24 heavy (non-hydrogen) atoms. The highest BCUT2D eigenvalue weighted by molar-refractivity contribution is 7.88. The number of alkyl halides is 6. The lowest BCUT2D eigenvalue weighted by atomic mass is 10.2. The summed E-state index contributed by atoms with van der Waals surface area (Å²) in [5, 5.41) is 0. The summed E-state index contributed by atoms with van der Waals surface area (Å²) in [5.41, 5.74) is -12.8. The first kappa shape index (κ1) is 20.3. The molecule has 0 N–H and O–H groups in total. The van der Waals surface area contributed by atoms with Gasteiger partial charge < -0.3 is 8.37 Å². The van der Waals surface area contributed by atoms with E-state index in [2.05, 4.69) is 13.4 Å². The van der Waals surface area contributed by atoms with E-state index in [4.69, 9.17) is 0 Å². The van der Waals surface area contributed by atoms with Crippen LogP contribution in [-0.2, 0) is 20.2 Å². The molecule has 0 aliphatic carbocycles. The average molecular weight is 403 g/mol. The first-order valence-electron chi connectivity index (χ1n) is 5.47. The quantitative estimate of drug-likeness (QED) is 0.432.